The van der Waals surface area contributed by atoms with Gasteiger partial charge in [0, 0.05) is 31.2 Å². The topological polar surface area (TPSA) is 80.8 Å². The summed E-state index contributed by atoms with van der Waals surface area (Å²) < 4.78 is 0. The Bertz CT molecular complexity index is 780. The van der Waals surface area contributed by atoms with E-state index < -0.39 is 6.04 Å². The van der Waals surface area contributed by atoms with Crippen LogP contribution in [-0.2, 0) is 9.59 Å². The van der Waals surface area contributed by atoms with Crippen molar-refractivity contribution in [3.63, 3.8) is 0 Å². The van der Waals surface area contributed by atoms with Crippen LogP contribution < -0.4 is 10.6 Å². The highest BCUT2D eigenvalue weighted by Gasteiger charge is 2.36. The van der Waals surface area contributed by atoms with Gasteiger partial charge in [0.1, 0.15) is 6.04 Å². The van der Waals surface area contributed by atoms with Gasteiger partial charge >= 0.3 is 0 Å². The van der Waals surface area contributed by atoms with Gasteiger partial charge in [0.25, 0.3) is 0 Å². The molecule has 8 nitrogen and oxygen atoms in total. The molecule has 1 aromatic rings. The van der Waals surface area contributed by atoms with Crippen LogP contribution in [-0.4, -0.2) is 88.5 Å². The van der Waals surface area contributed by atoms with Crippen molar-refractivity contribution < 1.29 is 9.59 Å². The van der Waals surface area contributed by atoms with E-state index >= 15 is 0 Å². The van der Waals surface area contributed by atoms with Crippen LogP contribution in [0.5, 0.6) is 0 Å². The third-order valence-electron chi connectivity index (χ3n) is 6.99. The van der Waals surface area contributed by atoms with Crippen molar-refractivity contribution in [2.24, 2.45) is 5.92 Å². The average Bonchev–Trinajstić information content (AvgIpc) is 3.36. The number of piperazine rings is 1. The number of anilines is 1. The van der Waals surface area contributed by atoms with Crippen LogP contribution in [0, 0.1) is 5.92 Å². The molecule has 34 heavy (non-hydrogen) atoms. The molecule has 2 amide bonds. The van der Waals surface area contributed by atoms with Crippen LogP contribution >= 0.6 is 23.6 Å². The Morgan fingerprint density at radius 2 is 2.03 bits per heavy atom. The molecular weight excluding hydrogens is 468 g/mol. The van der Waals surface area contributed by atoms with E-state index in [4.69, 9.17) is 12.2 Å². The first-order valence-corrected chi connectivity index (χ1v) is 14.1. The molecule has 2 fully saturated rings. The van der Waals surface area contributed by atoms with Gasteiger partial charge in [-0.2, -0.15) is 0 Å². The van der Waals surface area contributed by atoms with Crippen molar-refractivity contribution in [3.05, 3.63) is 11.6 Å². The summed E-state index contributed by atoms with van der Waals surface area (Å²) in [5.41, 5.74) is 0. The number of rotatable bonds is 11. The Hall–Kier alpha value is -1.78. The van der Waals surface area contributed by atoms with Gasteiger partial charge in [0.05, 0.1) is 6.54 Å². The van der Waals surface area contributed by atoms with E-state index in [1.54, 1.807) is 11.1 Å². The summed E-state index contributed by atoms with van der Waals surface area (Å²) >= 11 is 6.97. The van der Waals surface area contributed by atoms with Gasteiger partial charge in [-0.15, -0.1) is 11.3 Å². The second kappa shape index (κ2) is 13.9. The Kier molecular flexibility index (Phi) is 11.0. The third kappa shape index (κ3) is 7.88. The predicted octanol–water partition coefficient (Wildman–Crippen LogP) is 3.17. The van der Waals surface area contributed by atoms with E-state index in [0.717, 1.165) is 51.9 Å². The van der Waals surface area contributed by atoms with Crippen LogP contribution in [0.4, 0.5) is 5.13 Å². The maximum absolute atomic E-state index is 13.2. The summed E-state index contributed by atoms with van der Waals surface area (Å²) in [6, 6.07) is -0.461. The second-order valence-corrected chi connectivity index (χ2v) is 10.5. The summed E-state index contributed by atoms with van der Waals surface area (Å²) in [6.07, 6.45) is 9.36. The first-order valence-electron chi connectivity index (χ1n) is 12.8. The van der Waals surface area contributed by atoms with E-state index in [2.05, 4.69) is 34.4 Å². The van der Waals surface area contributed by atoms with Gasteiger partial charge in [0.15, 0.2) is 10.2 Å². The molecule has 10 heteroatoms. The van der Waals surface area contributed by atoms with Crippen LogP contribution in [0.15, 0.2) is 11.6 Å². The fourth-order valence-corrected chi connectivity index (χ4v) is 5.72. The molecular formula is C24H40N6O2S2. The number of nitrogens with zero attached hydrogens (tertiary/aromatic N) is 4. The average molecular weight is 509 g/mol. The Balaban J connectivity index is 1.55. The fourth-order valence-electron chi connectivity index (χ4n) is 4.93. The number of amides is 2. The first kappa shape index (κ1) is 26.8. The maximum atomic E-state index is 13.2. The Morgan fingerprint density at radius 3 is 2.68 bits per heavy atom. The summed E-state index contributed by atoms with van der Waals surface area (Å²) in [4.78, 5) is 36.7. The molecule has 1 atom stereocenters. The lowest BCUT2D eigenvalue weighted by Gasteiger charge is -2.40. The summed E-state index contributed by atoms with van der Waals surface area (Å²) in [7, 11) is 0. The van der Waals surface area contributed by atoms with Crippen LogP contribution in [0.1, 0.15) is 58.8 Å². The molecule has 0 unspecified atom stereocenters. The first-order chi connectivity index (χ1) is 16.5. The normalized spacial score (nSPS) is 18.3. The van der Waals surface area contributed by atoms with Crippen LogP contribution in [0.25, 0.3) is 0 Å². The molecule has 1 aliphatic heterocycles. The standard InChI is InChI=1S/C24H40N6O2S2/c1-3-28(4-2)13-8-11-26-24(33)29-14-15-30(21(31)18-29)20(17-19-9-6-5-7-10-19)22(32)27-23-25-12-16-34-23/h12,16,19-20H,3-11,13-15,17-18H2,1-2H3,(H,26,33)(H,25,27,32)/t20-/m0/s1. The zero-order valence-electron chi connectivity index (χ0n) is 20.6. The van der Waals surface area contributed by atoms with E-state index in [0.29, 0.717) is 29.3 Å². The van der Waals surface area contributed by atoms with Crippen molar-refractivity contribution >= 4 is 45.6 Å². The van der Waals surface area contributed by atoms with Crippen molar-refractivity contribution in [2.75, 3.05) is 51.1 Å². The molecule has 1 saturated carbocycles. The van der Waals surface area contributed by atoms with Crippen molar-refractivity contribution in [1.82, 2.24) is 25.0 Å². The quantitative estimate of drug-likeness (QED) is 0.351. The van der Waals surface area contributed by atoms with Gasteiger partial charge in [-0.3, -0.25) is 9.59 Å². The molecule has 1 aliphatic carbocycles. The molecule has 1 aromatic heterocycles. The number of carbonyl (C=O) groups excluding carboxylic acids is 2. The van der Waals surface area contributed by atoms with Gasteiger partial charge < -0.3 is 25.3 Å². The molecule has 3 rings (SSSR count). The van der Waals surface area contributed by atoms with Crippen LogP contribution in [0.3, 0.4) is 0 Å². The molecule has 190 valence electrons. The smallest absolute Gasteiger partial charge is 0.248 e. The summed E-state index contributed by atoms with van der Waals surface area (Å²) in [5.74, 6) is 0.327. The molecule has 2 N–H and O–H groups in total. The Labute approximate surface area is 213 Å². The monoisotopic (exact) mass is 508 g/mol. The van der Waals surface area contributed by atoms with E-state index in [-0.39, 0.29) is 18.4 Å². The maximum Gasteiger partial charge on any atom is 0.248 e. The number of nitrogens with one attached hydrogen (secondary N) is 2. The number of thiazole rings is 1. The van der Waals surface area contributed by atoms with Gasteiger partial charge in [-0.05, 0) is 50.6 Å². The highest BCUT2D eigenvalue weighted by molar-refractivity contribution is 7.80. The minimum atomic E-state index is -0.461. The van der Waals surface area contributed by atoms with Gasteiger partial charge in [-0.25, -0.2) is 4.98 Å². The van der Waals surface area contributed by atoms with E-state index in [1.807, 2.05) is 10.3 Å². The third-order valence-corrected chi connectivity index (χ3v) is 8.08. The second-order valence-electron chi connectivity index (χ2n) is 9.20. The molecule has 0 spiro atoms. The fraction of sp³-hybridized carbons (Fsp3) is 0.750. The number of hydrogen-bond acceptors (Lipinski definition) is 6. The molecule has 2 aliphatic rings. The highest BCUT2D eigenvalue weighted by atomic mass is 32.1. The molecule has 0 bridgehead atoms. The lowest BCUT2D eigenvalue weighted by Crippen LogP contribution is -2.59. The minimum absolute atomic E-state index is 0.0337. The number of aromatic nitrogens is 1. The Morgan fingerprint density at radius 1 is 1.26 bits per heavy atom. The molecule has 2 heterocycles. The van der Waals surface area contributed by atoms with Crippen molar-refractivity contribution in [3.8, 4) is 0 Å². The number of hydrogen-bond donors (Lipinski definition) is 2. The zero-order chi connectivity index (χ0) is 24.3. The predicted molar refractivity (Wildman–Crippen MR) is 142 cm³/mol. The van der Waals surface area contributed by atoms with Crippen molar-refractivity contribution in [2.45, 2.75) is 64.8 Å². The summed E-state index contributed by atoms with van der Waals surface area (Å²) in [6.45, 7) is 9.63. The minimum Gasteiger partial charge on any atom is -0.363 e. The van der Waals surface area contributed by atoms with Crippen molar-refractivity contribution in [1.29, 1.82) is 0 Å². The van der Waals surface area contributed by atoms with Gasteiger partial charge in [0.2, 0.25) is 11.8 Å². The largest absolute Gasteiger partial charge is 0.363 e. The zero-order valence-corrected chi connectivity index (χ0v) is 22.3. The molecule has 1 saturated heterocycles. The van der Waals surface area contributed by atoms with Gasteiger partial charge in [-0.1, -0.05) is 46.0 Å². The lowest BCUT2D eigenvalue weighted by atomic mass is 9.84. The number of thiocarbonyl (C=S) groups is 1. The highest BCUT2D eigenvalue weighted by Crippen LogP contribution is 2.29. The SMILES string of the molecule is CCN(CC)CCCNC(=S)N1CCN([C@@H](CC2CCCCC2)C(=O)Nc2nccs2)C(=O)C1. The lowest BCUT2D eigenvalue weighted by molar-refractivity contribution is -0.142. The van der Waals surface area contributed by atoms with E-state index in [1.165, 1.54) is 30.6 Å². The number of carbonyl (C=O) groups is 2. The van der Waals surface area contributed by atoms with Crippen LogP contribution in [0.2, 0.25) is 0 Å². The van der Waals surface area contributed by atoms with E-state index in [9.17, 15) is 9.59 Å². The molecule has 0 aromatic carbocycles. The summed E-state index contributed by atoms with van der Waals surface area (Å²) in [5, 5.41) is 9.30. The molecule has 0 radical (unpaired) electrons.